The van der Waals surface area contributed by atoms with E-state index >= 15 is 0 Å². The first-order valence-electron chi connectivity index (χ1n) is 8.25. The van der Waals surface area contributed by atoms with Crippen molar-refractivity contribution in [3.8, 4) is 0 Å². The van der Waals surface area contributed by atoms with Crippen LogP contribution in [0.15, 0.2) is 18.2 Å². The van der Waals surface area contributed by atoms with Crippen LogP contribution in [0.5, 0.6) is 0 Å². The van der Waals surface area contributed by atoms with Gasteiger partial charge in [0.05, 0.1) is 0 Å². The Balaban J connectivity index is 1.99. The lowest BCUT2D eigenvalue weighted by atomic mass is 10.1. The van der Waals surface area contributed by atoms with Crippen molar-refractivity contribution in [2.24, 2.45) is 0 Å². The molecule has 1 saturated heterocycles. The van der Waals surface area contributed by atoms with Gasteiger partial charge < -0.3 is 14.7 Å². The van der Waals surface area contributed by atoms with Gasteiger partial charge in [-0.15, -0.1) is 0 Å². The number of benzene rings is 1. The maximum atomic E-state index is 12.4. The van der Waals surface area contributed by atoms with E-state index < -0.39 is 0 Å². The standard InChI is InChI=1S/C18H25N3O3/c1-14-5-4-6-17(15(14)2)21(16(3)23)8-7-18(24)20-11-9-19(13-22)10-12-20/h4-6,13H,7-12H2,1-3H3. The largest absolute Gasteiger partial charge is 0.342 e. The van der Waals surface area contributed by atoms with Crippen molar-refractivity contribution in [3.05, 3.63) is 29.3 Å². The Morgan fingerprint density at radius 1 is 1.17 bits per heavy atom. The number of rotatable bonds is 5. The van der Waals surface area contributed by atoms with Gasteiger partial charge in [0.2, 0.25) is 18.2 Å². The summed E-state index contributed by atoms with van der Waals surface area (Å²) in [6.07, 6.45) is 1.11. The van der Waals surface area contributed by atoms with Crippen molar-refractivity contribution >= 4 is 23.9 Å². The lowest BCUT2D eigenvalue weighted by Crippen LogP contribution is -2.48. The number of aryl methyl sites for hydroxylation is 1. The first-order chi connectivity index (χ1) is 11.4. The van der Waals surface area contributed by atoms with Gasteiger partial charge in [0.1, 0.15) is 0 Å². The lowest BCUT2D eigenvalue weighted by Gasteiger charge is -2.33. The van der Waals surface area contributed by atoms with Crippen LogP contribution in [0.1, 0.15) is 24.5 Å². The number of anilines is 1. The molecular weight excluding hydrogens is 306 g/mol. The normalized spacial score (nSPS) is 14.5. The predicted molar refractivity (Wildman–Crippen MR) is 92.8 cm³/mol. The molecule has 1 aliphatic rings. The van der Waals surface area contributed by atoms with E-state index in [0.29, 0.717) is 32.7 Å². The van der Waals surface area contributed by atoms with Crippen LogP contribution >= 0.6 is 0 Å². The first kappa shape index (κ1) is 18.0. The highest BCUT2D eigenvalue weighted by Crippen LogP contribution is 2.23. The highest BCUT2D eigenvalue weighted by Gasteiger charge is 2.22. The molecule has 2 rings (SSSR count). The van der Waals surface area contributed by atoms with E-state index in [-0.39, 0.29) is 18.2 Å². The summed E-state index contributed by atoms with van der Waals surface area (Å²) in [6.45, 7) is 8.14. The summed E-state index contributed by atoms with van der Waals surface area (Å²) in [5, 5.41) is 0. The highest BCUT2D eigenvalue weighted by atomic mass is 16.2. The van der Waals surface area contributed by atoms with E-state index in [0.717, 1.165) is 23.2 Å². The number of hydrogen-bond donors (Lipinski definition) is 0. The molecule has 0 radical (unpaired) electrons. The topological polar surface area (TPSA) is 60.9 Å². The third-order valence-electron chi connectivity index (χ3n) is 4.61. The minimum Gasteiger partial charge on any atom is -0.342 e. The average Bonchev–Trinajstić information content (AvgIpc) is 2.58. The fourth-order valence-corrected chi connectivity index (χ4v) is 2.92. The smallest absolute Gasteiger partial charge is 0.224 e. The third kappa shape index (κ3) is 4.13. The molecule has 0 N–H and O–H groups in total. The molecule has 0 aliphatic carbocycles. The molecule has 0 bridgehead atoms. The number of amides is 3. The zero-order chi connectivity index (χ0) is 17.7. The summed E-state index contributed by atoms with van der Waals surface area (Å²) >= 11 is 0. The predicted octanol–water partition coefficient (Wildman–Crippen LogP) is 1.35. The molecule has 1 aromatic rings. The SMILES string of the molecule is CC(=O)N(CCC(=O)N1CCN(C=O)CC1)c1cccc(C)c1C. The van der Waals surface area contributed by atoms with Gasteiger partial charge in [0, 0.05) is 51.8 Å². The van der Waals surface area contributed by atoms with Crippen molar-refractivity contribution < 1.29 is 14.4 Å². The van der Waals surface area contributed by atoms with Crippen molar-refractivity contribution in [2.75, 3.05) is 37.6 Å². The van der Waals surface area contributed by atoms with Crippen LogP contribution in [0.2, 0.25) is 0 Å². The molecule has 1 aliphatic heterocycles. The van der Waals surface area contributed by atoms with Crippen molar-refractivity contribution in [3.63, 3.8) is 0 Å². The van der Waals surface area contributed by atoms with Gasteiger partial charge in [-0.05, 0) is 31.0 Å². The molecule has 0 saturated carbocycles. The van der Waals surface area contributed by atoms with Crippen LogP contribution in [0.4, 0.5) is 5.69 Å². The van der Waals surface area contributed by atoms with Gasteiger partial charge >= 0.3 is 0 Å². The number of nitrogens with zero attached hydrogens (tertiary/aromatic N) is 3. The Labute approximate surface area is 143 Å². The van der Waals surface area contributed by atoms with Crippen LogP contribution in [0.25, 0.3) is 0 Å². The maximum absolute atomic E-state index is 12.4. The Morgan fingerprint density at radius 2 is 1.83 bits per heavy atom. The second-order valence-corrected chi connectivity index (χ2v) is 6.16. The third-order valence-corrected chi connectivity index (χ3v) is 4.61. The van der Waals surface area contributed by atoms with Crippen molar-refractivity contribution in [2.45, 2.75) is 27.2 Å². The van der Waals surface area contributed by atoms with E-state index in [4.69, 9.17) is 0 Å². The number of piperazine rings is 1. The summed E-state index contributed by atoms with van der Waals surface area (Å²) in [4.78, 5) is 40.2. The molecular formula is C18H25N3O3. The van der Waals surface area contributed by atoms with E-state index in [1.807, 2.05) is 32.0 Å². The monoisotopic (exact) mass is 331 g/mol. The Morgan fingerprint density at radius 3 is 2.42 bits per heavy atom. The van der Waals surface area contributed by atoms with Crippen molar-refractivity contribution in [1.82, 2.24) is 9.80 Å². The maximum Gasteiger partial charge on any atom is 0.224 e. The Hall–Kier alpha value is -2.37. The quantitative estimate of drug-likeness (QED) is 0.765. The van der Waals surface area contributed by atoms with Crippen LogP contribution in [0.3, 0.4) is 0 Å². The van der Waals surface area contributed by atoms with Gasteiger partial charge in [0.25, 0.3) is 0 Å². The zero-order valence-corrected chi connectivity index (χ0v) is 14.6. The number of hydrogen-bond acceptors (Lipinski definition) is 3. The van der Waals surface area contributed by atoms with Crippen LogP contribution in [0, 0.1) is 13.8 Å². The molecule has 6 nitrogen and oxygen atoms in total. The number of carbonyl (C=O) groups is 3. The second kappa shape index (κ2) is 7.95. The molecule has 130 valence electrons. The fraction of sp³-hybridized carbons (Fsp3) is 0.500. The van der Waals surface area contributed by atoms with Gasteiger partial charge in [-0.3, -0.25) is 14.4 Å². The van der Waals surface area contributed by atoms with E-state index in [9.17, 15) is 14.4 Å². The minimum atomic E-state index is -0.0673. The molecule has 3 amide bonds. The van der Waals surface area contributed by atoms with Crippen LogP contribution in [-0.2, 0) is 14.4 Å². The van der Waals surface area contributed by atoms with E-state index in [1.54, 1.807) is 14.7 Å². The van der Waals surface area contributed by atoms with Crippen molar-refractivity contribution in [1.29, 1.82) is 0 Å². The van der Waals surface area contributed by atoms with Gasteiger partial charge in [-0.1, -0.05) is 12.1 Å². The summed E-state index contributed by atoms with van der Waals surface area (Å²) in [5.74, 6) is -0.0422. The summed E-state index contributed by atoms with van der Waals surface area (Å²) in [6, 6.07) is 5.85. The summed E-state index contributed by atoms with van der Waals surface area (Å²) in [5.41, 5.74) is 3.04. The molecule has 1 heterocycles. The molecule has 0 aromatic heterocycles. The molecule has 24 heavy (non-hydrogen) atoms. The fourth-order valence-electron chi connectivity index (χ4n) is 2.92. The summed E-state index contributed by atoms with van der Waals surface area (Å²) in [7, 11) is 0. The average molecular weight is 331 g/mol. The first-order valence-corrected chi connectivity index (χ1v) is 8.25. The van der Waals surface area contributed by atoms with Gasteiger partial charge in [-0.2, -0.15) is 0 Å². The molecule has 0 unspecified atom stereocenters. The highest BCUT2D eigenvalue weighted by molar-refractivity contribution is 5.93. The Kier molecular flexibility index (Phi) is 5.95. The second-order valence-electron chi connectivity index (χ2n) is 6.16. The number of carbonyl (C=O) groups excluding carboxylic acids is 3. The summed E-state index contributed by atoms with van der Waals surface area (Å²) < 4.78 is 0. The molecule has 6 heteroatoms. The minimum absolute atomic E-state index is 0.0251. The lowest BCUT2D eigenvalue weighted by molar-refractivity contribution is -0.135. The molecule has 1 fully saturated rings. The van der Waals surface area contributed by atoms with E-state index in [1.165, 1.54) is 6.92 Å². The van der Waals surface area contributed by atoms with Crippen LogP contribution < -0.4 is 4.90 Å². The van der Waals surface area contributed by atoms with Crippen LogP contribution in [-0.4, -0.2) is 60.7 Å². The molecule has 0 spiro atoms. The Bertz CT molecular complexity index is 622. The van der Waals surface area contributed by atoms with E-state index in [2.05, 4.69) is 0 Å². The van der Waals surface area contributed by atoms with Gasteiger partial charge in [0.15, 0.2) is 0 Å². The molecule has 0 atom stereocenters. The zero-order valence-electron chi connectivity index (χ0n) is 14.6. The van der Waals surface area contributed by atoms with Gasteiger partial charge in [-0.25, -0.2) is 0 Å². The molecule has 1 aromatic carbocycles.